The number of hydrogen-bond donors (Lipinski definition) is 1. The van der Waals surface area contributed by atoms with E-state index in [1.54, 1.807) is 22.9 Å². The first-order valence-electron chi connectivity index (χ1n) is 5.41. The minimum Gasteiger partial charge on any atom is -0.465 e. The second-order valence-electron chi connectivity index (χ2n) is 3.88. The highest BCUT2D eigenvalue weighted by Crippen LogP contribution is 2.18. The second-order valence-corrected chi connectivity index (χ2v) is 3.88. The fraction of sp³-hybridized carbons (Fsp3) is 0.250. The second kappa shape index (κ2) is 4.48. The normalized spacial score (nSPS) is 10.4. The van der Waals surface area contributed by atoms with Gasteiger partial charge in [-0.1, -0.05) is 0 Å². The number of rotatable bonds is 2. The lowest BCUT2D eigenvalue weighted by Crippen LogP contribution is -2.08. The number of nitrogens with zero attached hydrogens (tertiary/aromatic N) is 3. The number of hydrogen-bond acceptors (Lipinski definition) is 5. The van der Waals surface area contributed by atoms with Gasteiger partial charge < -0.3 is 10.5 Å². The largest absolute Gasteiger partial charge is 0.465 e. The number of esters is 1. The standard InChI is InChI=1S/C12H14N4O2/c1-7-14-8(2)16(15-7)9-4-5-11(13)10(6-9)12(17)18-3/h4-6H,13H2,1-3H3. The summed E-state index contributed by atoms with van der Waals surface area (Å²) in [7, 11) is 1.32. The van der Waals surface area contributed by atoms with Crippen molar-refractivity contribution in [3.63, 3.8) is 0 Å². The van der Waals surface area contributed by atoms with Gasteiger partial charge in [-0.3, -0.25) is 0 Å². The van der Waals surface area contributed by atoms with Gasteiger partial charge in [0.05, 0.1) is 18.4 Å². The Balaban J connectivity index is 2.53. The Morgan fingerprint density at radius 2 is 2.11 bits per heavy atom. The highest BCUT2D eigenvalue weighted by Gasteiger charge is 2.13. The first kappa shape index (κ1) is 12.1. The average Bonchev–Trinajstić information content (AvgIpc) is 2.68. The lowest BCUT2D eigenvalue weighted by atomic mass is 10.1. The molecule has 1 heterocycles. The molecule has 0 fully saturated rings. The zero-order valence-corrected chi connectivity index (χ0v) is 10.5. The van der Waals surface area contributed by atoms with E-state index in [9.17, 15) is 4.79 Å². The predicted molar refractivity (Wildman–Crippen MR) is 66.6 cm³/mol. The number of carbonyl (C=O) groups excluding carboxylic acids is 1. The minimum atomic E-state index is -0.469. The molecule has 0 aliphatic rings. The van der Waals surface area contributed by atoms with E-state index in [0.29, 0.717) is 17.1 Å². The van der Waals surface area contributed by atoms with Crippen LogP contribution < -0.4 is 5.73 Å². The molecular weight excluding hydrogens is 232 g/mol. The number of ether oxygens (including phenoxy) is 1. The number of aromatic nitrogens is 3. The van der Waals surface area contributed by atoms with Crippen LogP contribution >= 0.6 is 0 Å². The summed E-state index contributed by atoms with van der Waals surface area (Å²) in [5.41, 5.74) is 7.16. The Labute approximate surface area is 104 Å². The van der Waals surface area contributed by atoms with E-state index in [1.165, 1.54) is 7.11 Å². The first-order valence-corrected chi connectivity index (χ1v) is 5.41. The van der Waals surface area contributed by atoms with Crippen LogP contribution in [0, 0.1) is 13.8 Å². The molecule has 6 heteroatoms. The summed E-state index contributed by atoms with van der Waals surface area (Å²) in [5.74, 6) is 0.945. The number of anilines is 1. The van der Waals surface area contributed by atoms with Crippen molar-refractivity contribution in [2.75, 3.05) is 12.8 Å². The van der Waals surface area contributed by atoms with Crippen molar-refractivity contribution >= 4 is 11.7 Å². The Hall–Kier alpha value is -2.37. The maximum absolute atomic E-state index is 11.6. The molecular formula is C12H14N4O2. The molecule has 0 unspecified atom stereocenters. The molecule has 0 spiro atoms. The molecule has 0 aliphatic carbocycles. The number of carbonyl (C=O) groups is 1. The van der Waals surface area contributed by atoms with Crippen molar-refractivity contribution in [2.45, 2.75) is 13.8 Å². The smallest absolute Gasteiger partial charge is 0.340 e. The highest BCUT2D eigenvalue weighted by molar-refractivity contribution is 5.95. The fourth-order valence-corrected chi connectivity index (χ4v) is 1.73. The molecule has 0 saturated heterocycles. The van der Waals surface area contributed by atoms with Gasteiger partial charge >= 0.3 is 5.97 Å². The quantitative estimate of drug-likeness (QED) is 0.637. The SMILES string of the molecule is COC(=O)c1cc(-n2nc(C)nc2C)ccc1N. The molecule has 0 saturated carbocycles. The monoisotopic (exact) mass is 246 g/mol. The lowest BCUT2D eigenvalue weighted by molar-refractivity contribution is 0.0602. The van der Waals surface area contributed by atoms with Gasteiger partial charge in [0.2, 0.25) is 0 Å². The van der Waals surface area contributed by atoms with Crippen molar-refractivity contribution in [2.24, 2.45) is 0 Å². The van der Waals surface area contributed by atoms with E-state index in [4.69, 9.17) is 5.73 Å². The third-order valence-corrected chi connectivity index (χ3v) is 2.56. The molecule has 18 heavy (non-hydrogen) atoms. The van der Waals surface area contributed by atoms with Crippen LogP contribution in [-0.2, 0) is 4.74 Å². The van der Waals surface area contributed by atoms with E-state index in [2.05, 4.69) is 14.8 Å². The van der Waals surface area contributed by atoms with Crippen LogP contribution in [0.2, 0.25) is 0 Å². The number of aryl methyl sites for hydroxylation is 2. The number of benzene rings is 1. The zero-order valence-electron chi connectivity index (χ0n) is 10.5. The van der Waals surface area contributed by atoms with Gasteiger partial charge in [0.25, 0.3) is 0 Å². The van der Waals surface area contributed by atoms with Crippen LogP contribution in [0.1, 0.15) is 22.0 Å². The summed E-state index contributed by atoms with van der Waals surface area (Å²) in [4.78, 5) is 15.8. The van der Waals surface area contributed by atoms with Crippen LogP contribution in [0.25, 0.3) is 5.69 Å². The molecule has 1 aromatic heterocycles. The van der Waals surface area contributed by atoms with Crippen LogP contribution in [0.15, 0.2) is 18.2 Å². The molecule has 1 aromatic carbocycles. The Morgan fingerprint density at radius 3 is 2.67 bits per heavy atom. The van der Waals surface area contributed by atoms with Crippen LogP contribution in [0.5, 0.6) is 0 Å². The number of nitrogens with two attached hydrogens (primary N) is 1. The Bertz CT molecular complexity index is 604. The van der Waals surface area contributed by atoms with E-state index >= 15 is 0 Å². The summed E-state index contributed by atoms with van der Waals surface area (Å²) in [5, 5.41) is 4.25. The maximum atomic E-state index is 11.6. The summed E-state index contributed by atoms with van der Waals surface area (Å²) < 4.78 is 6.33. The molecule has 0 radical (unpaired) electrons. The van der Waals surface area contributed by atoms with Crippen molar-refractivity contribution < 1.29 is 9.53 Å². The third kappa shape index (κ3) is 2.04. The molecule has 6 nitrogen and oxygen atoms in total. The summed E-state index contributed by atoms with van der Waals surface area (Å²) in [6.45, 7) is 3.65. The molecule has 0 amide bonds. The van der Waals surface area contributed by atoms with Crippen LogP contribution in [-0.4, -0.2) is 27.8 Å². The van der Waals surface area contributed by atoms with E-state index < -0.39 is 5.97 Å². The summed E-state index contributed by atoms with van der Waals surface area (Å²) >= 11 is 0. The molecule has 94 valence electrons. The van der Waals surface area contributed by atoms with Crippen LogP contribution in [0.3, 0.4) is 0 Å². The number of methoxy groups -OCH3 is 1. The third-order valence-electron chi connectivity index (χ3n) is 2.56. The van der Waals surface area contributed by atoms with Crippen molar-refractivity contribution in [1.82, 2.24) is 14.8 Å². The molecule has 2 rings (SSSR count). The van der Waals surface area contributed by atoms with Gasteiger partial charge in [0.15, 0.2) is 0 Å². The molecule has 2 aromatic rings. The van der Waals surface area contributed by atoms with E-state index in [0.717, 1.165) is 11.5 Å². The lowest BCUT2D eigenvalue weighted by Gasteiger charge is -2.07. The van der Waals surface area contributed by atoms with Gasteiger partial charge in [0, 0.05) is 5.69 Å². The van der Waals surface area contributed by atoms with E-state index in [1.807, 2.05) is 13.8 Å². The average molecular weight is 246 g/mol. The molecule has 0 bridgehead atoms. The Kier molecular flexibility index (Phi) is 3.01. The minimum absolute atomic E-state index is 0.322. The molecule has 2 N–H and O–H groups in total. The van der Waals surface area contributed by atoms with Gasteiger partial charge in [0.1, 0.15) is 11.6 Å². The molecule has 0 aliphatic heterocycles. The predicted octanol–water partition coefficient (Wildman–Crippen LogP) is 1.25. The Morgan fingerprint density at radius 1 is 1.39 bits per heavy atom. The van der Waals surface area contributed by atoms with Gasteiger partial charge in [-0.05, 0) is 32.0 Å². The fourth-order valence-electron chi connectivity index (χ4n) is 1.73. The summed E-state index contributed by atoms with van der Waals surface area (Å²) in [6.07, 6.45) is 0. The van der Waals surface area contributed by atoms with Crippen molar-refractivity contribution in [3.05, 3.63) is 35.4 Å². The van der Waals surface area contributed by atoms with E-state index in [-0.39, 0.29) is 0 Å². The van der Waals surface area contributed by atoms with Gasteiger partial charge in [-0.2, -0.15) is 5.10 Å². The van der Waals surface area contributed by atoms with Crippen molar-refractivity contribution in [1.29, 1.82) is 0 Å². The first-order chi connectivity index (χ1) is 8.52. The summed E-state index contributed by atoms with van der Waals surface area (Å²) in [6, 6.07) is 5.07. The maximum Gasteiger partial charge on any atom is 0.340 e. The van der Waals surface area contributed by atoms with Crippen molar-refractivity contribution in [3.8, 4) is 5.69 Å². The molecule has 0 atom stereocenters. The van der Waals surface area contributed by atoms with Gasteiger partial charge in [-0.25, -0.2) is 14.5 Å². The van der Waals surface area contributed by atoms with Crippen LogP contribution in [0.4, 0.5) is 5.69 Å². The topological polar surface area (TPSA) is 83.0 Å². The zero-order chi connectivity index (χ0) is 13.3. The highest BCUT2D eigenvalue weighted by atomic mass is 16.5. The number of nitrogen functional groups attached to an aromatic ring is 1. The van der Waals surface area contributed by atoms with Gasteiger partial charge in [-0.15, -0.1) is 0 Å².